The Morgan fingerprint density at radius 1 is 1.56 bits per heavy atom. The smallest absolute Gasteiger partial charge is 0.0943 e. The Bertz CT molecular complexity index is 70.7. The first-order valence-corrected chi connectivity index (χ1v) is 5.46. The van der Waals surface area contributed by atoms with Gasteiger partial charge in [0.1, 0.15) is 0 Å². The van der Waals surface area contributed by atoms with E-state index in [0.29, 0.717) is 5.73 Å². The SMILES string of the molecule is C[B][SiH2]C1CCCCO1. The van der Waals surface area contributed by atoms with E-state index in [0.717, 1.165) is 6.61 Å². The van der Waals surface area contributed by atoms with Crippen LogP contribution in [-0.2, 0) is 4.74 Å². The Balaban J connectivity index is 2.08. The fraction of sp³-hybridized carbons (Fsp3) is 1.00. The highest BCUT2D eigenvalue weighted by Gasteiger charge is 2.11. The summed E-state index contributed by atoms with van der Waals surface area (Å²) >= 11 is 0. The van der Waals surface area contributed by atoms with E-state index < -0.39 is 0 Å². The highest BCUT2D eigenvalue weighted by molar-refractivity contribution is 7.00. The molecule has 1 fully saturated rings. The van der Waals surface area contributed by atoms with Crippen LogP contribution in [0.2, 0.25) is 6.82 Å². The molecule has 1 aliphatic heterocycles. The van der Waals surface area contributed by atoms with E-state index >= 15 is 0 Å². The lowest BCUT2D eigenvalue weighted by Gasteiger charge is -2.21. The van der Waals surface area contributed by atoms with Gasteiger partial charge in [0.2, 0.25) is 0 Å². The summed E-state index contributed by atoms with van der Waals surface area (Å²) < 4.78 is 5.55. The Morgan fingerprint density at radius 2 is 2.44 bits per heavy atom. The van der Waals surface area contributed by atoms with Crippen LogP contribution in [0.1, 0.15) is 19.3 Å². The molecule has 0 amide bonds. The van der Waals surface area contributed by atoms with Crippen LogP contribution in [-0.4, -0.2) is 28.6 Å². The third-order valence-electron chi connectivity index (χ3n) is 1.77. The second kappa shape index (κ2) is 4.12. The average molecular weight is 141 g/mol. The van der Waals surface area contributed by atoms with Crippen LogP contribution in [0.15, 0.2) is 0 Å². The number of ether oxygens (including phenoxy) is 1. The van der Waals surface area contributed by atoms with Crippen molar-refractivity contribution in [1.82, 2.24) is 0 Å². The van der Waals surface area contributed by atoms with Gasteiger partial charge >= 0.3 is 0 Å². The van der Waals surface area contributed by atoms with Gasteiger partial charge in [0.25, 0.3) is 0 Å². The fourth-order valence-corrected chi connectivity index (χ4v) is 2.61. The molecular weight excluding hydrogens is 127 g/mol. The summed E-state index contributed by atoms with van der Waals surface area (Å²) in [6.45, 7) is 5.51. The van der Waals surface area contributed by atoms with Crippen molar-refractivity contribution >= 4 is 16.3 Å². The molecule has 0 aromatic heterocycles. The first-order valence-electron chi connectivity index (χ1n) is 3.83. The van der Waals surface area contributed by atoms with Crippen molar-refractivity contribution < 1.29 is 4.74 Å². The molecule has 1 nitrogen and oxygen atoms in total. The highest BCUT2D eigenvalue weighted by Crippen LogP contribution is 2.10. The van der Waals surface area contributed by atoms with Crippen molar-refractivity contribution in [2.75, 3.05) is 6.61 Å². The minimum absolute atomic E-state index is 0.0287. The van der Waals surface area contributed by atoms with E-state index in [1.807, 2.05) is 0 Å². The van der Waals surface area contributed by atoms with Gasteiger partial charge in [-0.1, -0.05) is 6.82 Å². The van der Waals surface area contributed by atoms with Crippen LogP contribution >= 0.6 is 0 Å². The largest absolute Gasteiger partial charge is 0.383 e. The second-order valence-electron chi connectivity index (χ2n) is 2.63. The van der Waals surface area contributed by atoms with E-state index in [1.165, 1.54) is 19.3 Å². The van der Waals surface area contributed by atoms with Gasteiger partial charge in [-0.3, -0.25) is 0 Å². The molecule has 0 saturated carbocycles. The van der Waals surface area contributed by atoms with Gasteiger partial charge in [-0.15, -0.1) is 0 Å². The van der Waals surface area contributed by atoms with Crippen molar-refractivity contribution in [3.8, 4) is 0 Å². The average Bonchev–Trinajstić information content (AvgIpc) is 1.91. The molecule has 0 bridgehead atoms. The molecule has 1 aliphatic rings. The van der Waals surface area contributed by atoms with Crippen LogP contribution in [0.3, 0.4) is 0 Å². The minimum Gasteiger partial charge on any atom is -0.383 e. The van der Waals surface area contributed by atoms with E-state index in [-0.39, 0.29) is 9.39 Å². The van der Waals surface area contributed by atoms with Gasteiger partial charge in [-0.25, -0.2) is 0 Å². The van der Waals surface area contributed by atoms with Gasteiger partial charge < -0.3 is 4.74 Å². The normalized spacial score (nSPS) is 29.2. The molecule has 51 valence electrons. The summed E-state index contributed by atoms with van der Waals surface area (Å²) in [7, 11) is 0.0287. The topological polar surface area (TPSA) is 9.23 Å². The third kappa shape index (κ3) is 2.54. The first-order chi connectivity index (χ1) is 4.43. The zero-order valence-corrected chi connectivity index (χ0v) is 7.51. The Kier molecular flexibility index (Phi) is 3.37. The molecular formula is C6H14BOSi. The zero-order chi connectivity index (χ0) is 6.53. The summed E-state index contributed by atoms with van der Waals surface area (Å²) in [5, 5.41) is 0. The van der Waals surface area contributed by atoms with Gasteiger partial charge in [-0.2, -0.15) is 0 Å². The molecule has 1 rings (SSSR count). The predicted molar refractivity (Wildman–Crippen MR) is 43.8 cm³/mol. The zero-order valence-electron chi connectivity index (χ0n) is 6.10. The molecule has 1 saturated heterocycles. The lowest BCUT2D eigenvalue weighted by Crippen LogP contribution is -2.28. The summed E-state index contributed by atoms with van der Waals surface area (Å²) in [6.07, 6.45) is 4.01. The molecule has 1 radical (unpaired) electrons. The molecule has 1 atom stereocenters. The summed E-state index contributed by atoms with van der Waals surface area (Å²) in [5.74, 6) is 0. The lowest BCUT2D eigenvalue weighted by molar-refractivity contribution is 0.0665. The molecule has 0 aromatic rings. The summed E-state index contributed by atoms with van der Waals surface area (Å²) in [5.41, 5.74) is 0.684. The van der Waals surface area contributed by atoms with Crippen molar-refractivity contribution in [2.24, 2.45) is 0 Å². The van der Waals surface area contributed by atoms with Crippen molar-refractivity contribution in [3.63, 3.8) is 0 Å². The Morgan fingerprint density at radius 3 is 3.00 bits per heavy atom. The van der Waals surface area contributed by atoms with Gasteiger partial charge in [0.05, 0.1) is 6.87 Å². The minimum atomic E-state index is 0.0287. The van der Waals surface area contributed by atoms with Crippen molar-refractivity contribution in [3.05, 3.63) is 0 Å². The number of hydrogen-bond acceptors (Lipinski definition) is 1. The third-order valence-corrected chi connectivity index (χ3v) is 3.41. The van der Waals surface area contributed by atoms with Crippen LogP contribution in [0, 0.1) is 0 Å². The monoisotopic (exact) mass is 141 g/mol. The molecule has 1 heterocycles. The molecule has 0 aliphatic carbocycles. The van der Waals surface area contributed by atoms with E-state index in [4.69, 9.17) is 4.74 Å². The summed E-state index contributed by atoms with van der Waals surface area (Å²) in [4.78, 5) is 0. The van der Waals surface area contributed by atoms with Crippen LogP contribution in [0.4, 0.5) is 0 Å². The summed E-state index contributed by atoms with van der Waals surface area (Å²) in [6, 6.07) is 0. The van der Waals surface area contributed by atoms with Crippen LogP contribution < -0.4 is 0 Å². The van der Waals surface area contributed by atoms with Gasteiger partial charge in [-0.05, 0) is 19.3 Å². The second-order valence-corrected chi connectivity index (χ2v) is 4.83. The molecule has 0 aromatic carbocycles. The first kappa shape index (κ1) is 7.35. The Hall–Kier alpha value is 0.242. The molecule has 0 spiro atoms. The molecule has 9 heavy (non-hydrogen) atoms. The van der Waals surface area contributed by atoms with E-state index in [2.05, 4.69) is 13.7 Å². The maximum atomic E-state index is 5.55. The van der Waals surface area contributed by atoms with Gasteiger partial charge in [0, 0.05) is 21.7 Å². The van der Waals surface area contributed by atoms with Gasteiger partial charge in [0.15, 0.2) is 0 Å². The van der Waals surface area contributed by atoms with Crippen molar-refractivity contribution in [2.45, 2.75) is 31.8 Å². The fourth-order valence-electron chi connectivity index (χ4n) is 1.26. The number of rotatable bonds is 2. The van der Waals surface area contributed by atoms with Crippen molar-refractivity contribution in [1.29, 1.82) is 0 Å². The standard InChI is InChI=1S/C6H14BOSi/c1-7-9-6-4-2-3-5-8-6/h6H,2-5,9H2,1H3. The lowest BCUT2D eigenvalue weighted by atomic mass is 10.2. The Labute approximate surface area is 60.2 Å². The molecule has 1 unspecified atom stereocenters. The molecule has 0 N–H and O–H groups in total. The maximum absolute atomic E-state index is 5.55. The molecule has 3 heteroatoms. The maximum Gasteiger partial charge on any atom is 0.0943 e. The highest BCUT2D eigenvalue weighted by atomic mass is 28.2. The number of hydrogen-bond donors (Lipinski definition) is 0. The van der Waals surface area contributed by atoms with E-state index in [9.17, 15) is 0 Å². The predicted octanol–water partition coefficient (Wildman–Crippen LogP) is 0.349. The quantitative estimate of drug-likeness (QED) is 0.504. The van der Waals surface area contributed by atoms with Crippen LogP contribution in [0.25, 0.3) is 0 Å². The van der Waals surface area contributed by atoms with Crippen LogP contribution in [0.5, 0.6) is 0 Å². The van der Waals surface area contributed by atoms with E-state index in [1.54, 1.807) is 0 Å².